The average molecular weight is 308 g/mol. The summed E-state index contributed by atoms with van der Waals surface area (Å²) in [6, 6.07) is 0. The third kappa shape index (κ3) is 15.4. The van der Waals surface area contributed by atoms with Gasteiger partial charge in [0.05, 0.1) is 33.0 Å². The topological polar surface area (TPSA) is 109 Å². The van der Waals surface area contributed by atoms with E-state index in [9.17, 15) is 4.79 Å². The number of hydrogen-bond donors (Lipinski definition) is 4. The van der Waals surface area contributed by atoms with Gasteiger partial charge in [0.1, 0.15) is 12.7 Å². The van der Waals surface area contributed by atoms with Crippen LogP contribution in [0.2, 0.25) is 0 Å². The lowest BCUT2D eigenvalue weighted by Gasteiger charge is -2.18. The fourth-order valence-electron chi connectivity index (χ4n) is 1.42. The standard InChI is InChI=1S/C13H28N2O6/c1-12(18)21-11-13(20-9-5-15-3-7-17)10-19-8-4-14-2-6-16/h13-17H,2-11H2,1H3/t13-/m0/s1. The van der Waals surface area contributed by atoms with Crippen molar-refractivity contribution in [1.29, 1.82) is 0 Å². The normalized spacial score (nSPS) is 12.3. The molecule has 0 aromatic rings. The SMILES string of the molecule is CC(=O)OC[C@H](COCCNCCO)OCCNCCO. The first-order chi connectivity index (χ1) is 10.2. The summed E-state index contributed by atoms with van der Waals surface area (Å²) < 4.78 is 15.9. The first kappa shape index (κ1) is 20.2. The second-order valence-electron chi connectivity index (χ2n) is 4.32. The van der Waals surface area contributed by atoms with Gasteiger partial charge in [-0.3, -0.25) is 4.79 Å². The predicted octanol–water partition coefficient (Wildman–Crippen LogP) is -1.88. The molecule has 126 valence electrons. The van der Waals surface area contributed by atoms with Crippen molar-refractivity contribution in [2.75, 3.05) is 65.8 Å². The predicted molar refractivity (Wildman–Crippen MR) is 77.1 cm³/mol. The van der Waals surface area contributed by atoms with E-state index in [1.165, 1.54) is 6.92 Å². The molecule has 0 aliphatic heterocycles. The van der Waals surface area contributed by atoms with Gasteiger partial charge in [-0.05, 0) is 0 Å². The summed E-state index contributed by atoms with van der Waals surface area (Å²) in [6.07, 6.45) is -0.317. The van der Waals surface area contributed by atoms with Gasteiger partial charge in [0, 0.05) is 33.1 Å². The highest BCUT2D eigenvalue weighted by atomic mass is 16.6. The molecule has 0 unspecified atom stereocenters. The van der Waals surface area contributed by atoms with Gasteiger partial charge in [0.25, 0.3) is 0 Å². The van der Waals surface area contributed by atoms with E-state index in [2.05, 4.69) is 10.6 Å². The molecule has 0 aromatic carbocycles. The summed E-state index contributed by atoms with van der Waals surface area (Å²) in [6.45, 7) is 5.24. The Balaban J connectivity index is 3.72. The number of hydrogen-bond acceptors (Lipinski definition) is 8. The van der Waals surface area contributed by atoms with Crippen molar-refractivity contribution in [3.63, 3.8) is 0 Å². The lowest BCUT2D eigenvalue weighted by atomic mass is 10.4. The first-order valence-electron chi connectivity index (χ1n) is 7.16. The smallest absolute Gasteiger partial charge is 0.302 e. The number of rotatable bonds is 15. The summed E-state index contributed by atoms with van der Waals surface area (Å²) in [4.78, 5) is 10.8. The molecule has 0 fully saturated rings. The van der Waals surface area contributed by atoms with Crippen LogP contribution in [0.15, 0.2) is 0 Å². The van der Waals surface area contributed by atoms with Crippen LogP contribution in [0.5, 0.6) is 0 Å². The van der Waals surface area contributed by atoms with Crippen LogP contribution >= 0.6 is 0 Å². The zero-order chi connectivity index (χ0) is 15.8. The Morgan fingerprint density at radius 3 is 2.19 bits per heavy atom. The molecule has 0 aliphatic carbocycles. The summed E-state index contributed by atoms with van der Waals surface area (Å²) in [7, 11) is 0. The molecule has 0 rings (SSSR count). The van der Waals surface area contributed by atoms with Crippen LogP contribution in [0.1, 0.15) is 6.92 Å². The average Bonchev–Trinajstić information content (AvgIpc) is 2.47. The van der Waals surface area contributed by atoms with E-state index in [0.29, 0.717) is 46.0 Å². The van der Waals surface area contributed by atoms with Crippen molar-refractivity contribution in [1.82, 2.24) is 10.6 Å². The quantitative estimate of drug-likeness (QED) is 0.205. The lowest BCUT2D eigenvalue weighted by molar-refractivity contribution is -0.147. The third-order valence-corrected chi connectivity index (χ3v) is 2.41. The van der Waals surface area contributed by atoms with Crippen LogP contribution < -0.4 is 10.6 Å². The monoisotopic (exact) mass is 308 g/mol. The van der Waals surface area contributed by atoms with Crippen LogP contribution in [-0.2, 0) is 19.0 Å². The van der Waals surface area contributed by atoms with E-state index in [1.54, 1.807) is 0 Å². The maximum atomic E-state index is 10.8. The van der Waals surface area contributed by atoms with Crippen molar-refractivity contribution >= 4 is 5.97 Å². The van der Waals surface area contributed by atoms with E-state index in [1.807, 2.05) is 0 Å². The van der Waals surface area contributed by atoms with Crippen LogP contribution in [0.4, 0.5) is 0 Å². The molecule has 0 bridgehead atoms. The molecule has 0 saturated carbocycles. The number of carbonyl (C=O) groups is 1. The van der Waals surface area contributed by atoms with E-state index < -0.39 is 0 Å². The molecular formula is C13H28N2O6. The molecule has 0 amide bonds. The Kier molecular flexibility index (Phi) is 15.0. The summed E-state index contributed by atoms with van der Waals surface area (Å²) >= 11 is 0. The highest BCUT2D eigenvalue weighted by Crippen LogP contribution is 1.96. The van der Waals surface area contributed by atoms with E-state index in [0.717, 1.165) is 0 Å². The number of carbonyl (C=O) groups excluding carboxylic acids is 1. The molecule has 8 nitrogen and oxygen atoms in total. The van der Waals surface area contributed by atoms with Gasteiger partial charge >= 0.3 is 5.97 Å². The molecule has 21 heavy (non-hydrogen) atoms. The number of esters is 1. The zero-order valence-electron chi connectivity index (χ0n) is 12.7. The molecule has 0 heterocycles. The fraction of sp³-hybridized carbons (Fsp3) is 0.923. The van der Waals surface area contributed by atoms with Crippen molar-refractivity contribution < 1.29 is 29.2 Å². The molecule has 1 atom stereocenters. The number of ether oxygens (including phenoxy) is 3. The minimum Gasteiger partial charge on any atom is -0.463 e. The fourth-order valence-corrected chi connectivity index (χ4v) is 1.42. The Hall–Kier alpha value is -0.770. The summed E-state index contributed by atoms with van der Waals surface area (Å²) in [5, 5.41) is 23.2. The maximum Gasteiger partial charge on any atom is 0.302 e. The Morgan fingerprint density at radius 1 is 1.00 bits per heavy atom. The van der Waals surface area contributed by atoms with Gasteiger partial charge < -0.3 is 35.1 Å². The van der Waals surface area contributed by atoms with Crippen molar-refractivity contribution in [2.45, 2.75) is 13.0 Å². The Labute approximate surface area is 125 Å². The second kappa shape index (κ2) is 15.6. The van der Waals surface area contributed by atoms with Crippen LogP contribution in [0, 0.1) is 0 Å². The molecule has 0 saturated heterocycles. The minimum atomic E-state index is -0.355. The molecule has 0 aliphatic rings. The van der Waals surface area contributed by atoms with Crippen molar-refractivity contribution in [2.24, 2.45) is 0 Å². The Bertz CT molecular complexity index is 243. The molecule has 0 spiro atoms. The number of aliphatic hydroxyl groups is 2. The van der Waals surface area contributed by atoms with Gasteiger partial charge in [0.2, 0.25) is 0 Å². The third-order valence-electron chi connectivity index (χ3n) is 2.41. The molecule has 4 N–H and O–H groups in total. The number of nitrogens with one attached hydrogen (secondary N) is 2. The van der Waals surface area contributed by atoms with E-state index >= 15 is 0 Å². The zero-order valence-corrected chi connectivity index (χ0v) is 12.7. The minimum absolute atomic E-state index is 0.0842. The van der Waals surface area contributed by atoms with Gasteiger partial charge in [-0.1, -0.05) is 0 Å². The van der Waals surface area contributed by atoms with E-state index in [4.69, 9.17) is 24.4 Å². The molecule has 8 heteroatoms. The Morgan fingerprint density at radius 2 is 1.62 bits per heavy atom. The summed E-state index contributed by atoms with van der Waals surface area (Å²) in [5.74, 6) is -0.355. The molecule has 0 radical (unpaired) electrons. The lowest BCUT2D eigenvalue weighted by Crippen LogP contribution is -2.32. The van der Waals surface area contributed by atoms with E-state index in [-0.39, 0.29) is 31.9 Å². The van der Waals surface area contributed by atoms with Crippen LogP contribution in [0.3, 0.4) is 0 Å². The maximum absolute atomic E-state index is 10.8. The van der Waals surface area contributed by atoms with Gasteiger partial charge in [-0.15, -0.1) is 0 Å². The van der Waals surface area contributed by atoms with Crippen LogP contribution in [-0.4, -0.2) is 88.1 Å². The van der Waals surface area contributed by atoms with Gasteiger partial charge in [-0.25, -0.2) is 0 Å². The van der Waals surface area contributed by atoms with Crippen molar-refractivity contribution in [3.05, 3.63) is 0 Å². The molecular weight excluding hydrogens is 280 g/mol. The highest BCUT2D eigenvalue weighted by molar-refractivity contribution is 5.65. The van der Waals surface area contributed by atoms with Gasteiger partial charge in [-0.2, -0.15) is 0 Å². The summed E-state index contributed by atoms with van der Waals surface area (Å²) in [5.41, 5.74) is 0. The highest BCUT2D eigenvalue weighted by Gasteiger charge is 2.11. The van der Waals surface area contributed by atoms with Crippen LogP contribution in [0.25, 0.3) is 0 Å². The second-order valence-corrected chi connectivity index (χ2v) is 4.32. The van der Waals surface area contributed by atoms with Gasteiger partial charge in [0.15, 0.2) is 0 Å². The molecule has 0 aromatic heterocycles. The first-order valence-corrected chi connectivity index (χ1v) is 7.16. The number of aliphatic hydroxyl groups excluding tert-OH is 2. The largest absolute Gasteiger partial charge is 0.463 e. The van der Waals surface area contributed by atoms with Crippen molar-refractivity contribution in [3.8, 4) is 0 Å².